The number of hydrogen-bond acceptors (Lipinski definition) is 4. The zero-order valence-electron chi connectivity index (χ0n) is 10.7. The molecular formula is C14H15N3O2. The van der Waals surface area contributed by atoms with Crippen molar-refractivity contribution in [1.29, 1.82) is 0 Å². The zero-order valence-corrected chi connectivity index (χ0v) is 10.7. The van der Waals surface area contributed by atoms with E-state index in [9.17, 15) is 4.79 Å². The van der Waals surface area contributed by atoms with Crippen molar-refractivity contribution in [2.45, 2.75) is 26.2 Å². The van der Waals surface area contributed by atoms with Gasteiger partial charge in [0, 0.05) is 23.6 Å². The minimum absolute atomic E-state index is 0.0944. The molecule has 3 rings (SSSR count). The van der Waals surface area contributed by atoms with Crippen LogP contribution in [0.15, 0.2) is 28.7 Å². The zero-order chi connectivity index (χ0) is 13.2. The molecule has 1 N–H and O–H groups in total. The van der Waals surface area contributed by atoms with Gasteiger partial charge in [-0.1, -0.05) is 13.0 Å². The van der Waals surface area contributed by atoms with Gasteiger partial charge in [-0.25, -0.2) is 0 Å². The van der Waals surface area contributed by atoms with E-state index in [4.69, 9.17) is 4.42 Å². The fourth-order valence-corrected chi connectivity index (χ4v) is 1.83. The van der Waals surface area contributed by atoms with Gasteiger partial charge in [0.15, 0.2) is 0 Å². The number of amides is 1. The largest absolute Gasteiger partial charge is 0.421 e. The molecule has 0 radical (unpaired) electrons. The van der Waals surface area contributed by atoms with Crippen molar-refractivity contribution in [2.75, 3.05) is 5.32 Å². The highest BCUT2D eigenvalue weighted by Crippen LogP contribution is 2.30. The van der Waals surface area contributed by atoms with Crippen LogP contribution in [-0.2, 0) is 11.2 Å². The highest BCUT2D eigenvalue weighted by molar-refractivity contribution is 5.94. The summed E-state index contributed by atoms with van der Waals surface area (Å²) in [4.78, 5) is 11.7. The fourth-order valence-electron chi connectivity index (χ4n) is 1.83. The number of nitrogens with one attached hydrogen (secondary N) is 1. The number of aryl methyl sites for hydroxylation is 1. The van der Waals surface area contributed by atoms with Crippen molar-refractivity contribution in [3.05, 3.63) is 30.2 Å². The number of carbonyl (C=O) groups excluding carboxylic acids is 1. The number of nitrogens with zero attached hydrogens (tertiary/aromatic N) is 2. The number of anilines is 1. The van der Waals surface area contributed by atoms with Crippen molar-refractivity contribution in [2.24, 2.45) is 5.92 Å². The third-order valence-electron chi connectivity index (χ3n) is 3.09. The van der Waals surface area contributed by atoms with Crippen LogP contribution in [0.5, 0.6) is 0 Å². The second kappa shape index (κ2) is 4.84. The van der Waals surface area contributed by atoms with E-state index < -0.39 is 0 Å². The van der Waals surface area contributed by atoms with Crippen molar-refractivity contribution in [1.82, 2.24) is 10.2 Å². The van der Waals surface area contributed by atoms with Crippen LogP contribution in [0.2, 0.25) is 0 Å². The molecular weight excluding hydrogens is 242 g/mol. The van der Waals surface area contributed by atoms with E-state index in [1.807, 2.05) is 31.2 Å². The Bertz CT molecular complexity index is 602. The van der Waals surface area contributed by atoms with E-state index in [1.54, 1.807) is 0 Å². The molecule has 0 aliphatic heterocycles. The van der Waals surface area contributed by atoms with Gasteiger partial charge in [0.2, 0.25) is 17.7 Å². The molecule has 1 fully saturated rings. The molecule has 0 atom stereocenters. The summed E-state index contributed by atoms with van der Waals surface area (Å²) in [5.74, 6) is 1.39. The summed E-state index contributed by atoms with van der Waals surface area (Å²) in [5.41, 5.74) is 1.59. The van der Waals surface area contributed by atoms with Crippen molar-refractivity contribution < 1.29 is 9.21 Å². The third-order valence-corrected chi connectivity index (χ3v) is 3.09. The molecule has 1 heterocycles. The van der Waals surface area contributed by atoms with Gasteiger partial charge in [-0.05, 0) is 31.0 Å². The first-order valence-corrected chi connectivity index (χ1v) is 6.50. The van der Waals surface area contributed by atoms with Crippen LogP contribution >= 0.6 is 0 Å². The topological polar surface area (TPSA) is 68.0 Å². The SMILES string of the molecule is CCc1nnc(-c2cccc(NC(=O)C3CC3)c2)o1. The lowest BCUT2D eigenvalue weighted by molar-refractivity contribution is -0.117. The predicted octanol–water partition coefficient (Wildman–Crippen LogP) is 2.65. The fraction of sp³-hybridized carbons (Fsp3) is 0.357. The first-order valence-electron chi connectivity index (χ1n) is 6.50. The second-order valence-electron chi connectivity index (χ2n) is 4.70. The molecule has 5 nitrogen and oxygen atoms in total. The van der Waals surface area contributed by atoms with Gasteiger partial charge in [0.05, 0.1) is 0 Å². The smallest absolute Gasteiger partial charge is 0.247 e. The summed E-state index contributed by atoms with van der Waals surface area (Å²) in [7, 11) is 0. The molecule has 5 heteroatoms. The summed E-state index contributed by atoms with van der Waals surface area (Å²) in [5, 5.41) is 10.8. The summed E-state index contributed by atoms with van der Waals surface area (Å²) in [6, 6.07) is 7.47. The lowest BCUT2D eigenvalue weighted by Crippen LogP contribution is -2.13. The normalized spacial score (nSPS) is 14.4. The summed E-state index contributed by atoms with van der Waals surface area (Å²) in [6.07, 6.45) is 2.70. The average Bonchev–Trinajstić information content (AvgIpc) is 3.17. The van der Waals surface area contributed by atoms with E-state index in [0.717, 1.165) is 24.1 Å². The van der Waals surface area contributed by atoms with E-state index in [0.29, 0.717) is 18.2 Å². The minimum Gasteiger partial charge on any atom is -0.421 e. The molecule has 0 spiro atoms. The number of carbonyl (C=O) groups is 1. The Labute approximate surface area is 111 Å². The van der Waals surface area contributed by atoms with E-state index in [-0.39, 0.29) is 11.8 Å². The molecule has 1 aromatic heterocycles. The van der Waals surface area contributed by atoms with Crippen molar-refractivity contribution >= 4 is 11.6 Å². The Kier molecular flexibility index (Phi) is 3.03. The monoisotopic (exact) mass is 257 g/mol. The number of benzene rings is 1. The predicted molar refractivity (Wildman–Crippen MR) is 70.5 cm³/mol. The molecule has 19 heavy (non-hydrogen) atoms. The van der Waals surface area contributed by atoms with Gasteiger partial charge in [0.1, 0.15) is 0 Å². The molecule has 1 aliphatic rings. The summed E-state index contributed by atoms with van der Waals surface area (Å²) in [6.45, 7) is 1.96. The van der Waals surface area contributed by atoms with E-state index >= 15 is 0 Å². The molecule has 0 unspecified atom stereocenters. The minimum atomic E-state index is 0.0944. The molecule has 0 bridgehead atoms. The van der Waals surface area contributed by atoms with Crippen LogP contribution in [0.3, 0.4) is 0 Å². The Morgan fingerprint density at radius 1 is 1.42 bits per heavy atom. The first kappa shape index (κ1) is 11.9. The highest BCUT2D eigenvalue weighted by Gasteiger charge is 2.29. The molecule has 1 saturated carbocycles. The molecule has 1 aliphatic carbocycles. The Balaban J connectivity index is 1.80. The van der Waals surface area contributed by atoms with Gasteiger partial charge in [-0.2, -0.15) is 0 Å². The van der Waals surface area contributed by atoms with Crippen LogP contribution in [0.1, 0.15) is 25.7 Å². The van der Waals surface area contributed by atoms with Crippen LogP contribution in [-0.4, -0.2) is 16.1 Å². The van der Waals surface area contributed by atoms with Crippen LogP contribution in [0.25, 0.3) is 11.5 Å². The maximum absolute atomic E-state index is 11.7. The van der Waals surface area contributed by atoms with Crippen molar-refractivity contribution in [3.63, 3.8) is 0 Å². The maximum atomic E-state index is 11.7. The Morgan fingerprint density at radius 2 is 2.26 bits per heavy atom. The van der Waals surface area contributed by atoms with E-state index in [2.05, 4.69) is 15.5 Å². The molecule has 2 aromatic rings. The first-order chi connectivity index (χ1) is 9.26. The van der Waals surface area contributed by atoms with Crippen LogP contribution < -0.4 is 5.32 Å². The van der Waals surface area contributed by atoms with Gasteiger partial charge >= 0.3 is 0 Å². The molecule has 98 valence electrons. The number of aromatic nitrogens is 2. The van der Waals surface area contributed by atoms with Gasteiger partial charge in [-0.3, -0.25) is 4.79 Å². The van der Waals surface area contributed by atoms with E-state index in [1.165, 1.54) is 0 Å². The van der Waals surface area contributed by atoms with Gasteiger partial charge in [0.25, 0.3) is 0 Å². The average molecular weight is 257 g/mol. The van der Waals surface area contributed by atoms with Crippen molar-refractivity contribution in [3.8, 4) is 11.5 Å². The Morgan fingerprint density at radius 3 is 2.95 bits per heavy atom. The summed E-state index contributed by atoms with van der Waals surface area (Å²) < 4.78 is 5.50. The lowest BCUT2D eigenvalue weighted by atomic mass is 10.2. The standard InChI is InChI=1S/C14H15N3O2/c1-2-12-16-17-14(19-12)10-4-3-5-11(8-10)15-13(18)9-6-7-9/h3-5,8-9H,2,6-7H2,1H3,(H,15,18). The number of hydrogen-bond donors (Lipinski definition) is 1. The third kappa shape index (κ3) is 2.65. The Hall–Kier alpha value is -2.17. The lowest BCUT2D eigenvalue weighted by Gasteiger charge is -2.04. The maximum Gasteiger partial charge on any atom is 0.247 e. The molecule has 0 saturated heterocycles. The van der Waals surface area contributed by atoms with Crippen LogP contribution in [0.4, 0.5) is 5.69 Å². The molecule has 1 aromatic carbocycles. The summed E-state index contributed by atoms with van der Waals surface area (Å²) >= 11 is 0. The highest BCUT2D eigenvalue weighted by atomic mass is 16.4. The molecule has 1 amide bonds. The van der Waals surface area contributed by atoms with Crippen LogP contribution in [0, 0.1) is 5.92 Å². The number of rotatable bonds is 4. The van der Waals surface area contributed by atoms with Gasteiger partial charge < -0.3 is 9.73 Å². The quantitative estimate of drug-likeness (QED) is 0.914. The van der Waals surface area contributed by atoms with Gasteiger partial charge in [-0.15, -0.1) is 10.2 Å². The second-order valence-corrected chi connectivity index (χ2v) is 4.70.